The molecule has 1 aliphatic heterocycles. The second-order valence-electron chi connectivity index (χ2n) is 4.04. The summed E-state index contributed by atoms with van der Waals surface area (Å²) in [5.41, 5.74) is 1.02. The molecular weight excluding hydrogens is 224 g/mol. The van der Waals surface area contributed by atoms with E-state index >= 15 is 0 Å². The Morgan fingerprint density at radius 2 is 2.12 bits per heavy atom. The number of rotatable bonds is 3. The molecule has 2 heterocycles. The Balaban J connectivity index is 0.00000128. The van der Waals surface area contributed by atoms with Gasteiger partial charge in [0.25, 0.3) is 0 Å². The molecule has 1 unspecified atom stereocenters. The largest absolute Gasteiger partial charge is 0.317 e. The van der Waals surface area contributed by atoms with Crippen LogP contribution in [0, 0.1) is 0 Å². The Labute approximate surface area is 103 Å². The highest BCUT2D eigenvalue weighted by molar-refractivity contribution is 5.85. The summed E-state index contributed by atoms with van der Waals surface area (Å²) < 4.78 is 0. The van der Waals surface area contributed by atoms with Crippen molar-refractivity contribution in [2.75, 3.05) is 13.1 Å². The molecule has 0 bridgehead atoms. The Morgan fingerprint density at radius 3 is 2.75 bits per heavy atom. The fraction of sp³-hybridized carbons (Fsp3) is 0.636. The van der Waals surface area contributed by atoms with E-state index in [-0.39, 0.29) is 12.4 Å². The summed E-state index contributed by atoms with van der Waals surface area (Å²) in [5, 5.41) is 6.95. The van der Waals surface area contributed by atoms with Gasteiger partial charge in [0, 0.05) is 30.7 Å². The van der Waals surface area contributed by atoms with E-state index in [0.29, 0.717) is 12.1 Å². The van der Waals surface area contributed by atoms with Crippen LogP contribution in [0.1, 0.15) is 31.5 Å². The highest BCUT2D eigenvalue weighted by Crippen LogP contribution is 2.11. The summed E-state index contributed by atoms with van der Waals surface area (Å²) >= 11 is 0. The van der Waals surface area contributed by atoms with E-state index in [1.165, 1.54) is 12.8 Å². The zero-order chi connectivity index (χ0) is 10.5. The molecule has 4 nitrogen and oxygen atoms in total. The summed E-state index contributed by atoms with van der Waals surface area (Å²) in [6, 6.07) is 0.907. The van der Waals surface area contributed by atoms with E-state index in [0.717, 1.165) is 18.8 Å². The molecule has 1 aliphatic rings. The first-order valence-electron chi connectivity index (χ1n) is 5.59. The van der Waals surface area contributed by atoms with Crippen LogP contribution in [-0.4, -0.2) is 29.1 Å². The lowest BCUT2D eigenvalue weighted by Crippen LogP contribution is -2.41. The number of nitrogens with one attached hydrogen (secondary N) is 2. The first kappa shape index (κ1) is 13.4. The fourth-order valence-corrected chi connectivity index (χ4v) is 1.96. The van der Waals surface area contributed by atoms with E-state index in [9.17, 15) is 0 Å². The van der Waals surface area contributed by atoms with Gasteiger partial charge >= 0.3 is 0 Å². The number of piperidine rings is 1. The van der Waals surface area contributed by atoms with Crippen LogP contribution in [0.2, 0.25) is 0 Å². The van der Waals surface area contributed by atoms with Crippen molar-refractivity contribution in [1.29, 1.82) is 0 Å². The molecule has 1 atom stereocenters. The third-order valence-corrected chi connectivity index (χ3v) is 2.85. The van der Waals surface area contributed by atoms with Crippen molar-refractivity contribution in [3.63, 3.8) is 0 Å². The molecule has 0 amide bonds. The monoisotopic (exact) mass is 242 g/mol. The maximum absolute atomic E-state index is 4.30. The minimum absolute atomic E-state index is 0. The van der Waals surface area contributed by atoms with E-state index in [2.05, 4.69) is 27.5 Å². The van der Waals surface area contributed by atoms with Gasteiger partial charge in [0.05, 0.1) is 5.69 Å². The predicted octanol–water partition coefficient (Wildman–Crippen LogP) is 1.30. The van der Waals surface area contributed by atoms with Crippen molar-refractivity contribution in [2.24, 2.45) is 0 Å². The second kappa shape index (κ2) is 6.78. The van der Waals surface area contributed by atoms with Crippen molar-refractivity contribution in [2.45, 2.75) is 31.8 Å². The molecule has 1 aromatic rings. The number of hydrogen-bond acceptors (Lipinski definition) is 4. The van der Waals surface area contributed by atoms with Crippen LogP contribution >= 0.6 is 12.4 Å². The lowest BCUT2D eigenvalue weighted by atomic mass is 10.1. The van der Waals surface area contributed by atoms with Gasteiger partial charge in [-0.15, -0.1) is 12.4 Å². The van der Waals surface area contributed by atoms with Gasteiger partial charge in [-0.3, -0.25) is 9.97 Å². The summed E-state index contributed by atoms with van der Waals surface area (Å²) in [6.07, 6.45) is 7.69. The molecule has 0 radical (unpaired) electrons. The molecule has 90 valence electrons. The van der Waals surface area contributed by atoms with Gasteiger partial charge in [0.2, 0.25) is 0 Å². The van der Waals surface area contributed by atoms with E-state index < -0.39 is 0 Å². The number of halogens is 1. The molecule has 0 aromatic carbocycles. The third kappa shape index (κ3) is 3.70. The molecule has 2 N–H and O–H groups in total. The first-order chi connectivity index (χ1) is 7.36. The van der Waals surface area contributed by atoms with Crippen molar-refractivity contribution in [1.82, 2.24) is 20.6 Å². The zero-order valence-corrected chi connectivity index (χ0v) is 10.3. The molecule has 0 aliphatic carbocycles. The summed E-state index contributed by atoms with van der Waals surface area (Å²) in [6.45, 7) is 4.38. The quantitative estimate of drug-likeness (QED) is 0.839. The Kier molecular flexibility index (Phi) is 5.66. The van der Waals surface area contributed by atoms with Gasteiger partial charge in [-0.2, -0.15) is 0 Å². The van der Waals surface area contributed by atoms with E-state index in [4.69, 9.17) is 0 Å². The molecule has 0 saturated carbocycles. The van der Waals surface area contributed by atoms with Crippen molar-refractivity contribution < 1.29 is 0 Å². The lowest BCUT2D eigenvalue weighted by Gasteiger charge is -2.26. The highest BCUT2D eigenvalue weighted by Gasteiger charge is 2.16. The van der Waals surface area contributed by atoms with Gasteiger partial charge in [-0.25, -0.2) is 0 Å². The zero-order valence-electron chi connectivity index (χ0n) is 9.52. The second-order valence-corrected chi connectivity index (χ2v) is 4.04. The van der Waals surface area contributed by atoms with Gasteiger partial charge in [-0.1, -0.05) is 0 Å². The minimum atomic E-state index is 0. The maximum atomic E-state index is 4.30. The molecule has 5 heteroatoms. The molecule has 2 rings (SSSR count). The van der Waals surface area contributed by atoms with Crippen molar-refractivity contribution in [3.05, 3.63) is 24.3 Å². The van der Waals surface area contributed by atoms with Crippen LogP contribution in [0.5, 0.6) is 0 Å². The summed E-state index contributed by atoms with van der Waals surface area (Å²) in [4.78, 5) is 8.39. The van der Waals surface area contributed by atoms with Gasteiger partial charge in [0.15, 0.2) is 0 Å². The van der Waals surface area contributed by atoms with Gasteiger partial charge in [0.1, 0.15) is 0 Å². The minimum Gasteiger partial charge on any atom is -0.317 e. The highest BCUT2D eigenvalue weighted by atomic mass is 35.5. The van der Waals surface area contributed by atoms with Crippen LogP contribution in [0.3, 0.4) is 0 Å². The van der Waals surface area contributed by atoms with Crippen LogP contribution in [0.4, 0.5) is 0 Å². The maximum Gasteiger partial charge on any atom is 0.0753 e. The van der Waals surface area contributed by atoms with Crippen LogP contribution in [0.15, 0.2) is 18.6 Å². The number of nitrogens with zero attached hydrogens (tertiary/aromatic N) is 2. The van der Waals surface area contributed by atoms with E-state index in [1.54, 1.807) is 12.4 Å². The van der Waals surface area contributed by atoms with Crippen molar-refractivity contribution >= 4 is 12.4 Å². The molecule has 0 spiro atoms. The predicted molar refractivity (Wildman–Crippen MR) is 66.7 cm³/mol. The Bertz CT molecular complexity index is 287. The van der Waals surface area contributed by atoms with Gasteiger partial charge in [-0.05, 0) is 32.9 Å². The fourth-order valence-electron chi connectivity index (χ4n) is 1.96. The van der Waals surface area contributed by atoms with Crippen LogP contribution in [-0.2, 0) is 0 Å². The average molecular weight is 243 g/mol. The Morgan fingerprint density at radius 1 is 1.38 bits per heavy atom. The smallest absolute Gasteiger partial charge is 0.0753 e. The average Bonchev–Trinajstić information content (AvgIpc) is 2.31. The summed E-state index contributed by atoms with van der Waals surface area (Å²) in [5.74, 6) is 0. The Hall–Kier alpha value is -0.710. The van der Waals surface area contributed by atoms with Crippen molar-refractivity contribution in [3.8, 4) is 0 Å². The normalized spacial score (nSPS) is 18.8. The first-order valence-corrected chi connectivity index (χ1v) is 5.59. The van der Waals surface area contributed by atoms with Crippen LogP contribution in [0.25, 0.3) is 0 Å². The van der Waals surface area contributed by atoms with Gasteiger partial charge < -0.3 is 10.6 Å². The lowest BCUT2D eigenvalue weighted by molar-refractivity contribution is 0.356. The topological polar surface area (TPSA) is 49.8 Å². The molecule has 16 heavy (non-hydrogen) atoms. The molecular formula is C11H19ClN4. The molecule has 1 aromatic heterocycles. The van der Waals surface area contributed by atoms with E-state index in [1.807, 2.05) is 6.20 Å². The standard InChI is InChI=1S/C11H18N4.ClH/c1-9(11-8-13-6-7-14-11)15-10-2-4-12-5-3-10;/h6-10,12,15H,2-5H2,1H3;1H. The number of hydrogen-bond donors (Lipinski definition) is 2. The molecule has 1 fully saturated rings. The molecule has 1 saturated heterocycles. The number of aromatic nitrogens is 2. The SMILES string of the molecule is CC(NC1CCNCC1)c1cnccn1.Cl. The van der Waals surface area contributed by atoms with Crippen LogP contribution < -0.4 is 10.6 Å². The third-order valence-electron chi connectivity index (χ3n) is 2.85. The summed E-state index contributed by atoms with van der Waals surface area (Å²) in [7, 11) is 0.